The van der Waals surface area contributed by atoms with E-state index in [1.165, 1.54) is 12.1 Å². The second kappa shape index (κ2) is 9.38. The van der Waals surface area contributed by atoms with Gasteiger partial charge in [0.25, 0.3) is 5.91 Å². The van der Waals surface area contributed by atoms with Crippen molar-refractivity contribution in [1.29, 1.82) is 0 Å². The molecule has 7 heteroatoms. The molecule has 2 aromatic carbocycles. The van der Waals surface area contributed by atoms with Gasteiger partial charge in [-0.2, -0.15) is 0 Å². The van der Waals surface area contributed by atoms with Crippen LogP contribution in [0.1, 0.15) is 40.1 Å². The Kier molecular flexibility index (Phi) is 6.93. The number of benzene rings is 2. The number of nitrogens with one attached hydrogen (secondary N) is 2. The molecule has 0 spiro atoms. The van der Waals surface area contributed by atoms with Crippen molar-refractivity contribution in [2.75, 3.05) is 18.4 Å². The molecule has 0 radical (unpaired) electrons. The van der Waals surface area contributed by atoms with Crippen molar-refractivity contribution in [1.82, 2.24) is 10.2 Å². The molecule has 0 fully saturated rings. The van der Waals surface area contributed by atoms with Crippen molar-refractivity contribution >= 4 is 23.6 Å². The van der Waals surface area contributed by atoms with Crippen molar-refractivity contribution in [3.8, 4) is 0 Å². The van der Waals surface area contributed by atoms with Gasteiger partial charge in [-0.05, 0) is 55.8 Å². The molecule has 0 aliphatic rings. The van der Waals surface area contributed by atoms with Crippen molar-refractivity contribution in [3.05, 3.63) is 65.2 Å². The number of nitrogens with zero attached hydrogens (tertiary/aromatic N) is 1. The maximum atomic E-state index is 12.3. The highest BCUT2D eigenvalue weighted by Crippen LogP contribution is 2.12. The minimum Gasteiger partial charge on any atom is -0.478 e. The van der Waals surface area contributed by atoms with E-state index in [0.717, 1.165) is 5.56 Å². The van der Waals surface area contributed by atoms with E-state index in [1.54, 1.807) is 41.3 Å². The summed E-state index contributed by atoms with van der Waals surface area (Å²) in [5, 5.41) is 14.3. The topological polar surface area (TPSA) is 98.7 Å². The Morgan fingerprint density at radius 1 is 0.889 bits per heavy atom. The van der Waals surface area contributed by atoms with Crippen LogP contribution in [-0.4, -0.2) is 41.0 Å². The molecule has 0 aliphatic heterocycles. The quantitative estimate of drug-likeness (QED) is 0.698. The first-order valence-electron chi connectivity index (χ1n) is 8.71. The fourth-order valence-corrected chi connectivity index (χ4v) is 2.51. The van der Waals surface area contributed by atoms with Gasteiger partial charge in [-0.15, -0.1) is 0 Å². The van der Waals surface area contributed by atoms with E-state index in [9.17, 15) is 14.4 Å². The Morgan fingerprint density at radius 3 is 1.96 bits per heavy atom. The average Bonchev–Trinajstić information content (AvgIpc) is 2.68. The highest BCUT2D eigenvalue weighted by molar-refractivity contribution is 5.95. The third kappa shape index (κ3) is 5.57. The number of rotatable bonds is 7. The summed E-state index contributed by atoms with van der Waals surface area (Å²) in [6.07, 6.45) is 0. The minimum atomic E-state index is -0.991. The molecule has 3 N–H and O–H groups in total. The lowest BCUT2D eigenvalue weighted by atomic mass is 10.1. The van der Waals surface area contributed by atoms with Gasteiger partial charge in [0.2, 0.25) is 0 Å². The molecule has 0 saturated carbocycles. The Morgan fingerprint density at radius 2 is 1.44 bits per heavy atom. The van der Waals surface area contributed by atoms with Gasteiger partial charge in [0.15, 0.2) is 0 Å². The first-order chi connectivity index (χ1) is 12.9. The zero-order valence-corrected chi connectivity index (χ0v) is 15.4. The molecular formula is C20H23N3O4. The fourth-order valence-electron chi connectivity index (χ4n) is 2.51. The van der Waals surface area contributed by atoms with Crippen LogP contribution in [-0.2, 0) is 6.54 Å². The standard InChI is InChI=1S/C20H23N3O4/c1-3-23(4-2)18(24)15-9-11-17(12-10-15)22-20(27)21-13-14-5-7-16(8-6-14)19(25)26/h5-12H,3-4,13H2,1-2H3,(H,25,26)(H2,21,22,27). The summed E-state index contributed by atoms with van der Waals surface area (Å²) in [6.45, 7) is 5.41. The number of urea groups is 1. The number of carbonyl (C=O) groups excluding carboxylic acids is 2. The van der Waals surface area contributed by atoms with Gasteiger partial charge in [0.05, 0.1) is 5.56 Å². The van der Waals surface area contributed by atoms with Crippen molar-refractivity contribution in [3.63, 3.8) is 0 Å². The van der Waals surface area contributed by atoms with Crippen LogP contribution in [0.2, 0.25) is 0 Å². The highest BCUT2D eigenvalue weighted by atomic mass is 16.4. The lowest BCUT2D eigenvalue weighted by Gasteiger charge is -2.18. The number of aromatic carboxylic acids is 1. The number of hydrogen-bond donors (Lipinski definition) is 3. The Hall–Kier alpha value is -3.35. The number of carboxylic acids is 1. The van der Waals surface area contributed by atoms with E-state index in [2.05, 4.69) is 10.6 Å². The fraction of sp³-hybridized carbons (Fsp3) is 0.250. The molecule has 0 saturated heterocycles. The summed E-state index contributed by atoms with van der Waals surface area (Å²) in [4.78, 5) is 36.8. The van der Waals surface area contributed by atoms with Crippen LogP contribution in [0.4, 0.5) is 10.5 Å². The monoisotopic (exact) mass is 369 g/mol. The second-order valence-corrected chi connectivity index (χ2v) is 5.86. The summed E-state index contributed by atoms with van der Waals surface area (Å²) >= 11 is 0. The van der Waals surface area contributed by atoms with E-state index in [-0.39, 0.29) is 24.0 Å². The predicted octanol–water partition coefficient (Wildman–Crippen LogP) is 3.19. The summed E-state index contributed by atoms with van der Waals surface area (Å²) in [6, 6.07) is 12.6. The molecule has 3 amide bonds. The minimum absolute atomic E-state index is 0.0409. The van der Waals surface area contributed by atoms with Gasteiger partial charge < -0.3 is 20.6 Å². The number of carbonyl (C=O) groups is 3. The lowest BCUT2D eigenvalue weighted by Crippen LogP contribution is -2.30. The van der Waals surface area contributed by atoms with Crippen LogP contribution in [0.25, 0.3) is 0 Å². The van der Waals surface area contributed by atoms with Crippen LogP contribution in [0.15, 0.2) is 48.5 Å². The number of amides is 3. The Bertz CT molecular complexity index is 797. The molecule has 2 rings (SSSR count). The Balaban J connectivity index is 1.88. The van der Waals surface area contributed by atoms with Crippen LogP contribution in [0.3, 0.4) is 0 Å². The smallest absolute Gasteiger partial charge is 0.335 e. The molecule has 0 atom stereocenters. The number of carboxylic acid groups (broad SMARTS) is 1. The maximum Gasteiger partial charge on any atom is 0.335 e. The molecule has 0 bridgehead atoms. The van der Waals surface area contributed by atoms with Crippen molar-refractivity contribution < 1.29 is 19.5 Å². The molecule has 2 aromatic rings. The first kappa shape index (κ1) is 20.0. The molecule has 27 heavy (non-hydrogen) atoms. The van der Waals surface area contributed by atoms with Gasteiger partial charge >= 0.3 is 12.0 Å². The molecule has 7 nitrogen and oxygen atoms in total. The van der Waals surface area contributed by atoms with E-state index < -0.39 is 5.97 Å². The average molecular weight is 369 g/mol. The van der Waals surface area contributed by atoms with E-state index in [0.29, 0.717) is 24.3 Å². The van der Waals surface area contributed by atoms with Gasteiger partial charge in [-0.3, -0.25) is 4.79 Å². The number of anilines is 1. The second-order valence-electron chi connectivity index (χ2n) is 5.86. The summed E-state index contributed by atoms with van der Waals surface area (Å²) < 4.78 is 0. The summed E-state index contributed by atoms with van der Waals surface area (Å²) in [7, 11) is 0. The molecule has 0 heterocycles. The van der Waals surface area contributed by atoms with Gasteiger partial charge in [-0.1, -0.05) is 12.1 Å². The normalized spacial score (nSPS) is 10.1. The first-order valence-corrected chi connectivity index (χ1v) is 8.71. The molecule has 142 valence electrons. The maximum absolute atomic E-state index is 12.3. The third-order valence-electron chi connectivity index (χ3n) is 4.09. The van der Waals surface area contributed by atoms with Gasteiger partial charge in [0, 0.05) is 30.9 Å². The van der Waals surface area contributed by atoms with Crippen LogP contribution >= 0.6 is 0 Å². The van der Waals surface area contributed by atoms with E-state index in [4.69, 9.17) is 5.11 Å². The molecule has 0 aliphatic carbocycles. The molecule has 0 unspecified atom stereocenters. The van der Waals surface area contributed by atoms with Crippen LogP contribution in [0, 0.1) is 0 Å². The zero-order chi connectivity index (χ0) is 19.8. The summed E-state index contributed by atoms with van der Waals surface area (Å²) in [5.41, 5.74) is 2.13. The number of hydrogen-bond acceptors (Lipinski definition) is 3. The van der Waals surface area contributed by atoms with E-state index >= 15 is 0 Å². The van der Waals surface area contributed by atoms with Crippen molar-refractivity contribution in [2.24, 2.45) is 0 Å². The highest BCUT2D eigenvalue weighted by Gasteiger charge is 2.12. The molecular weight excluding hydrogens is 346 g/mol. The SMILES string of the molecule is CCN(CC)C(=O)c1ccc(NC(=O)NCc2ccc(C(=O)O)cc2)cc1. The van der Waals surface area contributed by atoms with Crippen LogP contribution < -0.4 is 10.6 Å². The van der Waals surface area contributed by atoms with Gasteiger partial charge in [-0.25, -0.2) is 9.59 Å². The zero-order valence-electron chi connectivity index (χ0n) is 15.4. The predicted molar refractivity (Wildman–Crippen MR) is 103 cm³/mol. The third-order valence-corrected chi connectivity index (χ3v) is 4.09. The lowest BCUT2D eigenvalue weighted by molar-refractivity contribution is 0.0695. The summed E-state index contributed by atoms with van der Waals surface area (Å²) in [5.74, 6) is -1.03. The van der Waals surface area contributed by atoms with E-state index in [1.807, 2.05) is 13.8 Å². The van der Waals surface area contributed by atoms with Crippen molar-refractivity contribution in [2.45, 2.75) is 20.4 Å². The Labute approximate surface area is 158 Å². The largest absolute Gasteiger partial charge is 0.478 e. The van der Waals surface area contributed by atoms with Crippen LogP contribution in [0.5, 0.6) is 0 Å². The van der Waals surface area contributed by atoms with Gasteiger partial charge in [0.1, 0.15) is 0 Å². The molecule has 0 aromatic heterocycles.